The zero-order valence-corrected chi connectivity index (χ0v) is 37.4. The number of fused-ring (bicyclic) bond motifs is 6. The molecule has 2 heterocycles. The molecule has 0 saturated carbocycles. The smallest absolute Gasteiger partial charge is 0.0671 e. The Morgan fingerprint density at radius 1 is 0.353 bits per heavy atom. The number of allylic oxidation sites excluding steroid dienone is 1. The zero-order valence-electron chi connectivity index (χ0n) is 37.4. The van der Waals surface area contributed by atoms with Gasteiger partial charge in [0, 0.05) is 38.6 Å². The van der Waals surface area contributed by atoms with E-state index in [0.717, 1.165) is 50.4 Å². The number of para-hydroxylation sites is 3. The van der Waals surface area contributed by atoms with Crippen LogP contribution in [0, 0.1) is 0 Å². The van der Waals surface area contributed by atoms with Crippen LogP contribution in [-0.2, 0) is 6.54 Å². The van der Waals surface area contributed by atoms with Gasteiger partial charge < -0.3 is 14.9 Å². The van der Waals surface area contributed by atoms with Crippen LogP contribution < -0.4 is 5.73 Å². The molecule has 0 unspecified atom stereocenters. The SMILES string of the molecule is N/C(=C\C(=NCc1ccc(-c2ccccc2)cc1)c1ccc(-n2c3ccccc3c3cc(-c4ccc5c(c4)c4ccccc4n5-c4ccccc4)ccc32)cc1)c1ccc(-c2ccccc2)cc1. The first-order chi connectivity index (χ1) is 33.6. The molecule has 0 bridgehead atoms. The average molecular weight is 871 g/mol. The third kappa shape index (κ3) is 7.54. The Labute approximate surface area is 395 Å². The summed E-state index contributed by atoms with van der Waals surface area (Å²) in [7, 11) is 0. The Morgan fingerprint density at radius 3 is 1.28 bits per heavy atom. The largest absolute Gasteiger partial charge is 0.398 e. The number of aromatic nitrogens is 2. The van der Waals surface area contributed by atoms with E-state index in [4.69, 9.17) is 10.7 Å². The maximum atomic E-state index is 6.91. The maximum absolute atomic E-state index is 6.91. The molecule has 0 amide bonds. The Kier molecular flexibility index (Phi) is 10.4. The molecule has 12 aromatic rings. The zero-order chi connectivity index (χ0) is 45.4. The van der Waals surface area contributed by atoms with Gasteiger partial charge in [0.2, 0.25) is 0 Å². The van der Waals surface area contributed by atoms with E-state index in [1.54, 1.807) is 0 Å². The first kappa shape index (κ1) is 40.5. The van der Waals surface area contributed by atoms with E-state index in [2.05, 4.69) is 246 Å². The molecule has 12 rings (SSSR count). The second-order valence-corrected chi connectivity index (χ2v) is 17.4. The minimum atomic E-state index is 0.514. The van der Waals surface area contributed by atoms with Gasteiger partial charge in [-0.25, -0.2) is 0 Å². The molecular weight excluding hydrogens is 825 g/mol. The van der Waals surface area contributed by atoms with Crippen LogP contribution in [-0.4, -0.2) is 14.8 Å². The van der Waals surface area contributed by atoms with Gasteiger partial charge in [0.15, 0.2) is 0 Å². The van der Waals surface area contributed by atoms with Crippen LogP contribution in [0.15, 0.2) is 260 Å². The van der Waals surface area contributed by atoms with Crippen LogP contribution in [0.2, 0.25) is 0 Å². The van der Waals surface area contributed by atoms with Gasteiger partial charge in [-0.3, -0.25) is 4.99 Å². The predicted molar refractivity (Wildman–Crippen MR) is 287 cm³/mol. The average Bonchev–Trinajstić information content (AvgIpc) is 3.93. The number of hydrogen-bond donors (Lipinski definition) is 1. The normalized spacial score (nSPS) is 12.1. The number of nitrogens with zero attached hydrogens (tertiary/aromatic N) is 3. The van der Waals surface area contributed by atoms with Crippen molar-refractivity contribution >= 4 is 55.0 Å². The lowest BCUT2D eigenvalue weighted by atomic mass is 10.0. The molecule has 2 N–H and O–H groups in total. The third-order valence-corrected chi connectivity index (χ3v) is 13.2. The van der Waals surface area contributed by atoms with Crippen LogP contribution in [0.1, 0.15) is 16.7 Å². The molecule has 0 aliphatic rings. The van der Waals surface area contributed by atoms with E-state index in [-0.39, 0.29) is 0 Å². The van der Waals surface area contributed by atoms with Crippen molar-refractivity contribution in [1.29, 1.82) is 0 Å². The number of rotatable bonds is 10. The van der Waals surface area contributed by atoms with Crippen LogP contribution in [0.5, 0.6) is 0 Å². The van der Waals surface area contributed by atoms with Crippen molar-refractivity contribution in [3.8, 4) is 44.8 Å². The van der Waals surface area contributed by atoms with Crippen molar-refractivity contribution in [3.05, 3.63) is 271 Å². The Morgan fingerprint density at radius 2 is 0.750 bits per heavy atom. The topological polar surface area (TPSA) is 48.2 Å². The van der Waals surface area contributed by atoms with E-state index in [1.165, 1.54) is 60.4 Å². The first-order valence-electron chi connectivity index (χ1n) is 23.2. The molecule has 0 saturated heterocycles. The summed E-state index contributed by atoms with van der Waals surface area (Å²) in [5.74, 6) is 0. The van der Waals surface area contributed by atoms with E-state index < -0.39 is 0 Å². The van der Waals surface area contributed by atoms with Gasteiger partial charge >= 0.3 is 0 Å². The van der Waals surface area contributed by atoms with Crippen molar-refractivity contribution in [2.24, 2.45) is 10.7 Å². The molecule has 2 aromatic heterocycles. The van der Waals surface area contributed by atoms with E-state index in [1.807, 2.05) is 18.2 Å². The Balaban J connectivity index is 0.901. The highest BCUT2D eigenvalue weighted by molar-refractivity contribution is 6.14. The summed E-state index contributed by atoms with van der Waals surface area (Å²) in [5, 5.41) is 4.91. The summed E-state index contributed by atoms with van der Waals surface area (Å²) in [6.07, 6.45) is 2.02. The monoisotopic (exact) mass is 870 g/mol. The fourth-order valence-corrected chi connectivity index (χ4v) is 9.77. The van der Waals surface area contributed by atoms with Crippen LogP contribution in [0.25, 0.3) is 94.1 Å². The quantitative estimate of drug-likeness (QED) is 0.137. The van der Waals surface area contributed by atoms with Gasteiger partial charge in [0.05, 0.1) is 34.3 Å². The fraction of sp³-hybridized carbons (Fsp3) is 0.0156. The summed E-state index contributed by atoms with van der Waals surface area (Å²) in [4.78, 5) is 5.23. The highest BCUT2D eigenvalue weighted by Gasteiger charge is 2.17. The molecule has 10 aromatic carbocycles. The van der Waals surface area contributed by atoms with E-state index >= 15 is 0 Å². The van der Waals surface area contributed by atoms with Crippen LogP contribution >= 0.6 is 0 Å². The molecule has 0 fully saturated rings. The second kappa shape index (κ2) is 17.4. The molecule has 4 heteroatoms. The van der Waals surface area contributed by atoms with Crippen molar-refractivity contribution < 1.29 is 0 Å². The first-order valence-corrected chi connectivity index (χ1v) is 23.2. The van der Waals surface area contributed by atoms with Crippen molar-refractivity contribution in [1.82, 2.24) is 9.13 Å². The maximum Gasteiger partial charge on any atom is 0.0671 e. The lowest BCUT2D eigenvalue weighted by molar-refractivity contribution is 1.07. The van der Waals surface area contributed by atoms with Gasteiger partial charge in [0.25, 0.3) is 0 Å². The van der Waals surface area contributed by atoms with Gasteiger partial charge in [-0.05, 0) is 117 Å². The molecule has 4 nitrogen and oxygen atoms in total. The minimum absolute atomic E-state index is 0.514. The second-order valence-electron chi connectivity index (χ2n) is 17.4. The number of benzene rings is 10. The van der Waals surface area contributed by atoms with Gasteiger partial charge in [0.1, 0.15) is 0 Å². The van der Waals surface area contributed by atoms with Gasteiger partial charge in [-0.1, -0.05) is 188 Å². The fourth-order valence-electron chi connectivity index (χ4n) is 9.77. The summed E-state index contributed by atoms with van der Waals surface area (Å²) < 4.78 is 4.74. The molecule has 0 spiro atoms. The highest BCUT2D eigenvalue weighted by Crippen LogP contribution is 2.38. The summed E-state index contributed by atoms with van der Waals surface area (Å²) in [6.45, 7) is 0.514. The molecule has 0 radical (unpaired) electrons. The highest BCUT2D eigenvalue weighted by atomic mass is 15.0. The van der Waals surface area contributed by atoms with E-state index in [0.29, 0.717) is 12.2 Å². The molecule has 0 aliphatic heterocycles. The van der Waals surface area contributed by atoms with Crippen LogP contribution in [0.4, 0.5) is 0 Å². The predicted octanol–water partition coefficient (Wildman–Crippen LogP) is 15.9. The molecule has 322 valence electrons. The van der Waals surface area contributed by atoms with Crippen molar-refractivity contribution in [2.75, 3.05) is 0 Å². The van der Waals surface area contributed by atoms with Crippen molar-refractivity contribution in [3.63, 3.8) is 0 Å². The molecule has 68 heavy (non-hydrogen) atoms. The summed E-state index contributed by atoms with van der Waals surface area (Å²) in [5.41, 5.74) is 25.5. The Bertz CT molecular complexity index is 3820. The number of aliphatic imine (C=N–C) groups is 1. The summed E-state index contributed by atoms with van der Waals surface area (Å²) >= 11 is 0. The van der Waals surface area contributed by atoms with E-state index in [9.17, 15) is 0 Å². The lowest BCUT2D eigenvalue weighted by Gasteiger charge is -2.11. The molecule has 0 atom stereocenters. The van der Waals surface area contributed by atoms with Crippen LogP contribution in [0.3, 0.4) is 0 Å². The number of nitrogens with two attached hydrogens (primary N) is 1. The number of hydrogen-bond acceptors (Lipinski definition) is 2. The molecule has 0 aliphatic carbocycles. The third-order valence-electron chi connectivity index (χ3n) is 13.2. The Hall–Kier alpha value is -8.99. The van der Waals surface area contributed by atoms with Crippen molar-refractivity contribution in [2.45, 2.75) is 6.54 Å². The minimum Gasteiger partial charge on any atom is -0.398 e. The molecular formula is C64H46N4. The lowest BCUT2D eigenvalue weighted by Crippen LogP contribution is -2.05. The van der Waals surface area contributed by atoms with Gasteiger partial charge in [-0.2, -0.15) is 0 Å². The summed E-state index contributed by atoms with van der Waals surface area (Å²) in [6, 6.07) is 88.6. The van der Waals surface area contributed by atoms with Gasteiger partial charge in [-0.15, -0.1) is 0 Å². The standard InChI is InChI=1S/C64H46N4/c65-59(49-30-28-48(29-31-49)46-16-6-2-7-17-46)42-60(66-43-44-24-26-47(27-25-44)45-14-4-1-5-15-45)50-32-36-54(37-33-50)68-62-23-13-11-21-56(62)58-41-52(35-39-64(58)68)51-34-38-63-57(40-51)55-20-10-12-22-61(55)67(63)53-18-8-3-9-19-53/h1-42H,43,65H2/b59-42-,66-60?.